The Kier molecular flexibility index (Phi) is 3.86. The van der Waals surface area contributed by atoms with Crippen LogP contribution in [0.4, 0.5) is 0 Å². The number of aromatic nitrogens is 2. The van der Waals surface area contributed by atoms with Crippen LogP contribution in [0, 0.1) is 13.8 Å². The summed E-state index contributed by atoms with van der Waals surface area (Å²) in [5.74, 6) is 1.97. The highest BCUT2D eigenvalue weighted by Gasteiger charge is 2.11. The van der Waals surface area contributed by atoms with Crippen molar-refractivity contribution >= 4 is 33.3 Å². The average molecular weight is 270 g/mol. The van der Waals surface area contributed by atoms with Gasteiger partial charge in [-0.2, -0.15) is 11.8 Å². The van der Waals surface area contributed by atoms with Gasteiger partial charge >= 0.3 is 0 Å². The monoisotopic (exact) mass is 270 g/mol. The van der Waals surface area contributed by atoms with Crippen molar-refractivity contribution in [3.63, 3.8) is 0 Å². The second-order valence-corrected chi connectivity index (χ2v) is 6.06. The number of fused-ring (bicyclic) bond motifs is 1. The van der Waals surface area contributed by atoms with Gasteiger partial charge in [0.2, 0.25) is 0 Å². The molecule has 0 aliphatic rings. The SMILES string of the molecule is Cc1sc2nc(CSCCO)[nH]c(=O)c2c1C. The zero-order chi connectivity index (χ0) is 12.4. The molecule has 2 rings (SSSR count). The van der Waals surface area contributed by atoms with Gasteiger partial charge in [0, 0.05) is 10.6 Å². The number of hydrogen-bond acceptors (Lipinski definition) is 5. The molecule has 0 bridgehead atoms. The zero-order valence-electron chi connectivity index (χ0n) is 9.74. The average Bonchev–Trinajstić information content (AvgIpc) is 2.55. The van der Waals surface area contributed by atoms with E-state index in [0.29, 0.717) is 22.7 Å². The Morgan fingerprint density at radius 3 is 2.94 bits per heavy atom. The molecule has 0 atom stereocenters. The number of rotatable bonds is 4. The maximum atomic E-state index is 11.9. The molecule has 0 spiro atoms. The van der Waals surface area contributed by atoms with Crippen LogP contribution in [0.15, 0.2) is 4.79 Å². The van der Waals surface area contributed by atoms with Gasteiger partial charge in [-0.15, -0.1) is 11.3 Å². The Hall–Kier alpha value is -0.850. The molecule has 2 N–H and O–H groups in total. The second-order valence-electron chi connectivity index (χ2n) is 3.75. The van der Waals surface area contributed by atoms with Gasteiger partial charge in [0.1, 0.15) is 10.7 Å². The highest BCUT2D eigenvalue weighted by atomic mass is 32.2. The summed E-state index contributed by atoms with van der Waals surface area (Å²) >= 11 is 3.11. The van der Waals surface area contributed by atoms with Crippen molar-refractivity contribution < 1.29 is 5.11 Å². The van der Waals surface area contributed by atoms with Crippen molar-refractivity contribution in [1.82, 2.24) is 9.97 Å². The molecular formula is C11H14N2O2S2. The number of hydrogen-bond donors (Lipinski definition) is 2. The van der Waals surface area contributed by atoms with Gasteiger partial charge in [-0.3, -0.25) is 4.79 Å². The molecule has 2 aromatic rings. The first-order chi connectivity index (χ1) is 8.13. The molecule has 4 nitrogen and oxygen atoms in total. The minimum atomic E-state index is -0.0588. The van der Waals surface area contributed by atoms with Gasteiger partial charge in [-0.25, -0.2) is 4.98 Å². The maximum absolute atomic E-state index is 11.9. The summed E-state index contributed by atoms with van der Waals surface area (Å²) in [6.07, 6.45) is 0. The van der Waals surface area contributed by atoms with E-state index in [1.807, 2.05) is 13.8 Å². The van der Waals surface area contributed by atoms with E-state index in [9.17, 15) is 4.79 Å². The fourth-order valence-electron chi connectivity index (χ4n) is 1.60. The minimum Gasteiger partial charge on any atom is -0.396 e. The van der Waals surface area contributed by atoms with Gasteiger partial charge in [-0.05, 0) is 19.4 Å². The van der Waals surface area contributed by atoms with Crippen molar-refractivity contribution in [2.75, 3.05) is 12.4 Å². The number of thiophene rings is 1. The lowest BCUT2D eigenvalue weighted by molar-refractivity contribution is 0.322. The number of thioether (sulfide) groups is 1. The topological polar surface area (TPSA) is 66.0 Å². The third-order valence-electron chi connectivity index (χ3n) is 2.56. The van der Waals surface area contributed by atoms with Gasteiger partial charge in [0.05, 0.1) is 17.7 Å². The molecule has 2 aromatic heterocycles. The van der Waals surface area contributed by atoms with Crippen molar-refractivity contribution in [1.29, 1.82) is 0 Å². The Bertz CT molecular complexity index is 589. The van der Waals surface area contributed by atoms with Crippen LogP contribution >= 0.6 is 23.1 Å². The van der Waals surface area contributed by atoms with Crippen LogP contribution in [0.3, 0.4) is 0 Å². The highest BCUT2D eigenvalue weighted by molar-refractivity contribution is 7.98. The Balaban J connectivity index is 2.39. The van der Waals surface area contributed by atoms with E-state index < -0.39 is 0 Å². The largest absolute Gasteiger partial charge is 0.396 e. The van der Waals surface area contributed by atoms with Crippen LogP contribution < -0.4 is 5.56 Å². The number of aryl methyl sites for hydroxylation is 2. The molecule has 0 fully saturated rings. The molecule has 0 unspecified atom stereocenters. The normalized spacial score (nSPS) is 11.2. The molecule has 0 aliphatic carbocycles. The lowest BCUT2D eigenvalue weighted by Crippen LogP contribution is -2.11. The van der Waals surface area contributed by atoms with Crippen molar-refractivity contribution in [3.05, 3.63) is 26.6 Å². The van der Waals surface area contributed by atoms with Crippen molar-refractivity contribution in [2.45, 2.75) is 19.6 Å². The number of H-pyrrole nitrogens is 1. The van der Waals surface area contributed by atoms with E-state index in [4.69, 9.17) is 5.11 Å². The Morgan fingerprint density at radius 2 is 2.24 bits per heavy atom. The quantitative estimate of drug-likeness (QED) is 0.832. The van der Waals surface area contributed by atoms with Gasteiger partial charge < -0.3 is 10.1 Å². The van der Waals surface area contributed by atoms with Crippen molar-refractivity contribution in [2.24, 2.45) is 0 Å². The van der Waals surface area contributed by atoms with Crippen LogP contribution in [0.25, 0.3) is 10.2 Å². The molecule has 17 heavy (non-hydrogen) atoms. The van der Waals surface area contributed by atoms with E-state index in [0.717, 1.165) is 15.3 Å². The molecule has 0 saturated heterocycles. The molecule has 0 aliphatic heterocycles. The van der Waals surface area contributed by atoms with Crippen LogP contribution in [0.5, 0.6) is 0 Å². The van der Waals surface area contributed by atoms with Crippen LogP contribution in [0.2, 0.25) is 0 Å². The number of aliphatic hydroxyl groups is 1. The summed E-state index contributed by atoms with van der Waals surface area (Å²) in [5, 5.41) is 9.41. The van der Waals surface area contributed by atoms with E-state index in [2.05, 4.69) is 9.97 Å². The standard InChI is InChI=1S/C11H14N2O2S2/c1-6-7(2)17-11-9(6)10(15)12-8(13-11)5-16-4-3-14/h14H,3-5H2,1-2H3,(H,12,13,15). The Morgan fingerprint density at radius 1 is 1.47 bits per heavy atom. The first-order valence-electron chi connectivity index (χ1n) is 5.31. The molecule has 0 aromatic carbocycles. The van der Waals surface area contributed by atoms with Crippen molar-refractivity contribution in [3.8, 4) is 0 Å². The van der Waals surface area contributed by atoms with Gasteiger partial charge in [-0.1, -0.05) is 0 Å². The number of nitrogens with zero attached hydrogens (tertiary/aromatic N) is 1. The maximum Gasteiger partial charge on any atom is 0.259 e. The molecule has 0 radical (unpaired) electrons. The third kappa shape index (κ3) is 2.53. The van der Waals surface area contributed by atoms with Gasteiger partial charge in [0.25, 0.3) is 5.56 Å². The summed E-state index contributed by atoms with van der Waals surface area (Å²) in [7, 11) is 0. The predicted octanol–water partition coefficient (Wildman–Crippen LogP) is 1.83. The van der Waals surface area contributed by atoms with Crippen LogP contribution in [0.1, 0.15) is 16.3 Å². The van der Waals surface area contributed by atoms with E-state index in [1.54, 1.807) is 23.1 Å². The van der Waals surface area contributed by atoms with E-state index in [-0.39, 0.29) is 12.2 Å². The summed E-state index contributed by atoms with van der Waals surface area (Å²) in [6, 6.07) is 0. The lowest BCUT2D eigenvalue weighted by Gasteiger charge is -2.00. The number of aliphatic hydroxyl groups excluding tert-OH is 1. The second kappa shape index (κ2) is 5.20. The summed E-state index contributed by atoms with van der Waals surface area (Å²) < 4.78 is 0. The van der Waals surface area contributed by atoms with Gasteiger partial charge in [0.15, 0.2) is 0 Å². The molecule has 0 amide bonds. The summed E-state index contributed by atoms with van der Waals surface area (Å²) in [4.78, 5) is 21.1. The highest BCUT2D eigenvalue weighted by Crippen LogP contribution is 2.26. The summed E-state index contributed by atoms with van der Waals surface area (Å²) in [5.41, 5.74) is 0.963. The smallest absolute Gasteiger partial charge is 0.259 e. The fraction of sp³-hybridized carbons (Fsp3) is 0.455. The number of aromatic amines is 1. The Labute approximate surface area is 107 Å². The lowest BCUT2D eigenvalue weighted by atomic mass is 10.2. The molecule has 0 saturated carbocycles. The predicted molar refractivity (Wildman–Crippen MR) is 73.0 cm³/mol. The first-order valence-corrected chi connectivity index (χ1v) is 7.28. The van der Waals surface area contributed by atoms with Crippen LogP contribution in [-0.2, 0) is 5.75 Å². The first kappa shape index (κ1) is 12.6. The van der Waals surface area contributed by atoms with Crippen LogP contribution in [-0.4, -0.2) is 27.4 Å². The molecule has 2 heterocycles. The minimum absolute atomic E-state index is 0.0588. The fourth-order valence-corrected chi connectivity index (χ4v) is 3.25. The molecule has 92 valence electrons. The molecular weight excluding hydrogens is 256 g/mol. The third-order valence-corrected chi connectivity index (χ3v) is 4.61. The summed E-state index contributed by atoms with van der Waals surface area (Å²) in [6.45, 7) is 4.10. The number of nitrogens with one attached hydrogen (secondary N) is 1. The van der Waals surface area contributed by atoms with E-state index in [1.165, 1.54) is 0 Å². The molecule has 6 heteroatoms. The zero-order valence-corrected chi connectivity index (χ0v) is 11.4. The van der Waals surface area contributed by atoms with E-state index >= 15 is 0 Å².